The summed E-state index contributed by atoms with van der Waals surface area (Å²) in [6.07, 6.45) is 0.289. The zero-order chi connectivity index (χ0) is 18.1. The van der Waals surface area contributed by atoms with E-state index in [1.807, 2.05) is 0 Å². The molecular weight excluding hydrogens is 326 g/mol. The minimum absolute atomic E-state index is 0.0351. The van der Waals surface area contributed by atoms with Crippen molar-refractivity contribution in [1.29, 1.82) is 0 Å². The second kappa shape index (κ2) is 6.19. The Labute approximate surface area is 141 Å². The molecule has 25 heavy (non-hydrogen) atoms. The lowest BCUT2D eigenvalue weighted by atomic mass is 10.1. The van der Waals surface area contributed by atoms with Gasteiger partial charge in [0.05, 0.1) is 12.2 Å². The number of aromatic amines is 1. The van der Waals surface area contributed by atoms with Crippen LogP contribution in [-0.4, -0.2) is 39.1 Å². The maximum absolute atomic E-state index is 12.3. The fourth-order valence-electron chi connectivity index (χ4n) is 2.70. The molecule has 128 valence electrons. The average Bonchev–Trinajstić information content (AvgIpc) is 2.60. The van der Waals surface area contributed by atoms with Crippen LogP contribution >= 0.6 is 0 Å². The Morgan fingerprint density at radius 1 is 1.12 bits per heavy atom. The summed E-state index contributed by atoms with van der Waals surface area (Å²) in [6, 6.07) is 6.28. The Morgan fingerprint density at radius 3 is 2.40 bits per heavy atom. The van der Waals surface area contributed by atoms with Crippen molar-refractivity contribution in [2.24, 2.45) is 11.5 Å². The number of fused-ring (bicyclic) bond motifs is 1. The van der Waals surface area contributed by atoms with Crippen LogP contribution in [0.15, 0.2) is 29.1 Å². The Kier molecular flexibility index (Phi) is 4.05. The number of primary amides is 2. The number of hydrogen-bond acceptors (Lipinski definition) is 5. The first-order valence-electron chi connectivity index (χ1n) is 7.48. The van der Waals surface area contributed by atoms with Gasteiger partial charge in [-0.2, -0.15) is 0 Å². The van der Waals surface area contributed by atoms with Gasteiger partial charge in [0.2, 0.25) is 5.91 Å². The van der Waals surface area contributed by atoms with E-state index in [4.69, 9.17) is 11.5 Å². The summed E-state index contributed by atoms with van der Waals surface area (Å²) in [5, 5.41) is 0. The molecular formula is C16H15N5O4. The normalized spacial score (nSPS) is 13.2. The molecule has 5 N–H and O–H groups in total. The van der Waals surface area contributed by atoms with Crippen molar-refractivity contribution < 1.29 is 14.4 Å². The monoisotopic (exact) mass is 341 g/mol. The molecule has 0 aliphatic carbocycles. The Morgan fingerprint density at radius 2 is 1.80 bits per heavy atom. The van der Waals surface area contributed by atoms with Gasteiger partial charge in [-0.1, -0.05) is 12.1 Å². The molecule has 1 aliphatic rings. The predicted octanol–water partition coefficient (Wildman–Crippen LogP) is -1.09. The van der Waals surface area contributed by atoms with E-state index in [2.05, 4.69) is 9.97 Å². The maximum Gasteiger partial charge on any atom is 0.312 e. The minimum Gasteiger partial charge on any atom is -0.366 e. The summed E-state index contributed by atoms with van der Waals surface area (Å²) < 4.78 is 0. The van der Waals surface area contributed by atoms with E-state index < -0.39 is 17.7 Å². The van der Waals surface area contributed by atoms with Gasteiger partial charge in [0.15, 0.2) is 0 Å². The van der Waals surface area contributed by atoms with Crippen LogP contribution in [-0.2, 0) is 22.6 Å². The number of nitrogens with zero attached hydrogens (tertiary/aromatic N) is 2. The summed E-state index contributed by atoms with van der Waals surface area (Å²) >= 11 is 0. The number of amides is 3. The second-order valence-electron chi connectivity index (χ2n) is 5.62. The summed E-state index contributed by atoms with van der Waals surface area (Å²) in [5.74, 6) is -2.11. The molecule has 0 fully saturated rings. The quantitative estimate of drug-likeness (QED) is 0.592. The molecule has 0 saturated heterocycles. The first-order chi connectivity index (χ1) is 11.9. The van der Waals surface area contributed by atoms with E-state index in [1.165, 1.54) is 17.0 Å². The number of carbonyl (C=O) groups excluding carboxylic acids is 3. The van der Waals surface area contributed by atoms with Crippen LogP contribution in [0.4, 0.5) is 0 Å². The highest BCUT2D eigenvalue weighted by Crippen LogP contribution is 2.19. The molecule has 3 rings (SSSR count). The highest BCUT2D eigenvalue weighted by Gasteiger charge is 2.27. The number of rotatable bonds is 2. The molecule has 2 heterocycles. The van der Waals surface area contributed by atoms with E-state index >= 15 is 0 Å². The summed E-state index contributed by atoms with van der Waals surface area (Å²) in [6.45, 7) is 0.263. The van der Waals surface area contributed by atoms with Gasteiger partial charge in [-0.25, -0.2) is 4.98 Å². The van der Waals surface area contributed by atoms with E-state index in [9.17, 15) is 19.2 Å². The van der Waals surface area contributed by atoms with Crippen molar-refractivity contribution in [3.63, 3.8) is 0 Å². The van der Waals surface area contributed by atoms with Crippen LogP contribution in [0, 0.1) is 0 Å². The largest absolute Gasteiger partial charge is 0.366 e. The molecule has 1 aromatic carbocycles. The first-order valence-corrected chi connectivity index (χ1v) is 7.48. The summed E-state index contributed by atoms with van der Waals surface area (Å²) in [5.41, 5.74) is 11.7. The third kappa shape index (κ3) is 3.11. The van der Waals surface area contributed by atoms with E-state index in [0.29, 0.717) is 28.2 Å². The molecule has 0 atom stereocenters. The lowest BCUT2D eigenvalue weighted by molar-refractivity contribution is -0.144. The third-order valence-corrected chi connectivity index (χ3v) is 4.01. The molecule has 0 saturated carbocycles. The zero-order valence-corrected chi connectivity index (χ0v) is 13.1. The highest BCUT2D eigenvalue weighted by molar-refractivity contribution is 6.34. The number of aromatic nitrogens is 2. The van der Waals surface area contributed by atoms with Crippen molar-refractivity contribution in [3.05, 3.63) is 51.4 Å². The lowest BCUT2D eigenvalue weighted by Crippen LogP contribution is -2.44. The van der Waals surface area contributed by atoms with Gasteiger partial charge in [0.1, 0.15) is 5.82 Å². The molecule has 0 bridgehead atoms. The molecule has 0 unspecified atom stereocenters. The van der Waals surface area contributed by atoms with Crippen molar-refractivity contribution in [1.82, 2.24) is 14.9 Å². The van der Waals surface area contributed by atoms with Crippen molar-refractivity contribution in [2.75, 3.05) is 6.54 Å². The molecule has 1 aromatic heterocycles. The smallest absolute Gasteiger partial charge is 0.312 e. The van der Waals surface area contributed by atoms with Gasteiger partial charge in [-0.3, -0.25) is 19.2 Å². The number of benzene rings is 1. The van der Waals surface area contributed by atoms with Gasteiger partial charge in [0, 0.05) is 23.2 Å². The number of nitrogens with one attached hydrogen (secondary N) is 1. The van der Waals surface area contributed by atoms with Crippen molar-refractivity contribution >= 4 is 17.7 Å². The standard InChI is InChI=1S/C16H15N5O4/c17-12(22)8-1-3-9(4-2-8)14-19-11-7-21(16(25)13(18)23)6-5-10(11)15(24)20-14/h1-4H,5-7H2,(H2,17,22)(H2,18,23)(H,19,20,24). The third-order valence-electron chi connectivity index (χ3n) is 4.01. The van der Waals surface area contributed by atoms with Crippen LogP contribution in [0.3, 0.4) is 0 Å². The van der Waals surface area contributed by atoms with Gasteiger partial charge < -0.3 is 21.4 Å². The van der Waals surface area contributed by atoms with Crippen LogP contribution in [0.5, 0.6) is 0 Å². The Bertz CT molecular complexity index is 933. The van der Waals surface area contributed by atoms with Crippen molar-refractivity contribution in [3.8, 4) is 11.4 Å². The van der Waals surface area contributed by atoms with Crippen LogP contribution in [0.2, 0.25) is 0 Å². The van der Waals surface area contributed by atoms with Gasteiger partial charge in [-0.05, 0) is 18.6 Å². The fraction of sp³-hybridized carbons (Fsp3) is 0.188. The Balaban J connectivity index is 1.97. The maximum atomic E-state index is 12.3. The predicted molar refractivity (Wildman–Crippen MR) is 87.1 cm³/mol. The van der Waals surface area contributed by atoms with Gasteiger partial charge >= 0.3 is 11.8 Å². The number of H-pyrrole nitrogens is 1. The highest BCUT2D eigenvalue weighted by atomic mass is 16.2. The van der Waals surface area contributed by atoms with Crippen LogP contribution in [0.1, 0.15) is 21.6 Å². The first kappa shape index (κ1) is 16.4. The summed E-state index contributed by atoms with van der Waals surface area (Å²) in [4.78, 5) is 54.5. The van der Waals surface area contributed by atoms with Gasteiger partial charge in [0.25, 0.3) is 5.56 Å². The number of carbonyl (C=O) groups is 3. The number of hydrogen-bond donors (Lipinski definition) is 3. The van der Waals surface area contributed by atoms with E-state index in [0.717, 1.165) is 0 Å². The lowest BCUT2D eigenvalue weighted by Gasteiger charge is -2.26. The molecule has 0 radical (unpaired) electrons. The van der Waals surface area contributed by atoms with Crippen LogP contribution < -0.4 is 17.0 Å². The second-order valence-corrected chi connectivity index (χ2v) is 5.62. The van der Waals surface area contributed by atoms with Gasteiger partial charge in [-0.15, -0.1) is 0 Å². The molecule has 3 amide bonds. The summed E-state index contributed by atoms with van der Waals surface area (Å²) in [7, 11) is 0. The van der Waals surface area contributed by atoms with Crippen molar-refractivity contribution in [2.45, 2.75) is 13.0 Å². The molecule has 9 nitrogen and oxygen atoms in total. The average molecular weight is 341 g/mol. The molecule has 9 heteroatoms. The number of nitrogens with two attached hydrogens (primary N) is 2. The molecule has 0 spiro atoms. The zero-order valence-electron chi connectivity index (χ0n) is 13.1. The molecule has 2 aromatic rings. The molecule has 1 aliphatic heterocycles. The van der Waals surface area contributed by atoms with Crippen LogP contribution in [0.25, 0.3) is 11.4 Å². The topological polar surface area (TPSA) is 152 Å². The fourth-order valence-corrected chi connectivity index (χ4v) is 2.70. The Hall–Kier alpha value is -3.49. The van der Waals surface area contributed by atoms with E-state index in [1.54, 1.807) is 12.1 Å². The minimum atomic E-state index is -1.05. The van der Waals surface area contributed by atoms with E-state index in [-0.39, 0.29) is 25.1 Å². The SMILES string of the molecule is NC(=O)C(=O)N1CCc2c(nc(-c3ccc(C(N)=O)cc3)[nH]c2=O)C1.